The van der Waals surface area contributed by atoms with Crippen molar-refractivity contribution in [2.24, 2.45) is 17.3 Å². The summed E-state index contributed by atoms with van der Waals surface area (Å²) in [6.45, 7) is 28.1. The van der Waals surface area contributed by atoms with Crippen LogP contribution in [0.25, 0.3) is 0 Å². The van der Waals surface area contributed by atoms with Gasteiger partial charge in [0.2, 0.25) is 0 Å². The van der Waals surface area contributed by atoms with E-state index in [2.05, 4.69) is 130 Å². The van der Waals surface area contributed by atoms with Crippen LogP contribution in [0.15, 0.2) is 42.5 Å². The predicted octanol–water partition coefficient (Wildman–Crippen LogP) is 14.8. The average Bonchev–Trinajstić information content (AvgIpc) is 3.87. The average molecular weight is 676 g/mol. The lowest BCUT2D eigenvalue weighted by atomic mass is 9.65. The third-order valence-electron chi connectivity index (χ3n) is 10.1. The van der Waals surface area contributed by atoms with Crippen molar-refractivity contribution in [1.29, 1.82) is 0 Å². The highest BCUT2D eigenvalue weighted by Crippen LogP contribution is 2.62. The first kappa shape index (κ1) is 49.1. The van der Waals surface area contributed by atoms with Gasteiger partial charge in [-0.1, -0.05) is 157 Å². The molecule has 0 amide bonds. The second-order valence-corrected chi connectivity index (χ2v) is 14.6. The molecule has 1 nitrogen and oxygen atoms in total. The maximum atomic E-state index is 4.78. The van der Waals surface area contributed by atoms with Crippen LogP contribution in [0.3, 0.4) is 0 Å². The van der Waals surface area contributed by atoms with E-state index < -0.39 is 0 Å². The van der Waals surface area contributed by atoms with E-state index in [4.69, 9.17) is 6.42 Å². The lowest BCUT2D eigenvalue weighted by molar-refractivity contribution is 0.160. The topological polar surface area (TPSA) is 3.24 Å². The summed E-state index contributed by atoms with van der Waals surface area (Å²) >= 11 is 0. The largest absolute Gasteiger partial charge is 0.309 e. The molecule has 282 valence electrons. The Morgan fingerprint density at radius 1 is 0.755 bits per heavy atom. The number of benzene rings is 2. The Balaban J connectivity index is 0. The lowest BCUT2D eigenvalue weighted by Crippen LogP contribution is -2.31. The second kappa shape index (κ2) is 30.8. The van der Waals surface area contributed by atoms with Crippen LogP contribution in [0.5, 0.6) is 0 Å². The van der Waals surface area contributed by atoms with Gasteiger partial charge in [-0.15, -0.1) is 12.3 Å². The van der Waals surface area contributed by atoms with E-state index >= 15 is 0 Å². The number of terminal acetylenes is 1. The van der Waals surface area contributed by atoms with Gasteiger partial charge in [-0.05, 0) is 130 Å². The molecule has 1 aliphatic carbocycles. The first-order valence-electron chi connectivity index (χ1n) is 20.8. The molecule has 0 radical (unpaired) electrons. The molecule has 1 heteroatoms. The highest BCUT2D eigenvalue weighted by Gasteiger charge is 2.52. The van der Waals surface area contributed by atoms with Gasteiger partial charge in [0, 0.05) is 6.42 Å². The van der Waals surface area contributed by atoms with Crippen LogP contribution in [-0.2, 0) is 12.8 Å². The molecular weight excluding hydrogens is 591 g/mol. The van der Waals surface area contributed by atoms with E-state index in [1.807, 2.05) is 20.8 Å². The monoisotopic (exact) mass is 676 g/mol. The van der Waals surface area contributed by atoms with E-state index in [-0.39, 0.29) is 0 Å². The fourth-order valence-electron chi connectivity index (χ4n) is 7.38. The summed E-state index contributed by atoms with van der Waals surface area (Å²) in [5.74, 6) is 4.59. The predicted molar refractivity (Wildman–Crippen MR) is 226 cm³/mol. The van der Waals surface area contributed by atoms with Gasteiger partial charge in [0.05, 0.1) is 0 Å². The molecule has 2 aromatic rings. The molecular formula is C48H85N. The molecule has 0 heterocycles. The van der Waals surface area contributed by atoms with Crippen molar-refractivity contribution in [3.63, 3.8) is 0 Å². The third kappa shape index (κ3) is 20.4. The quantitative estimate of drug-likeness (QED) is 0.119. The highest BCUT2D eigenvalue weighted by molar-refractivity contribution is 5.34. The molecule has 0 saturated heterocycles. The second-order valence-electron chi connectivity index (χ2n) is 14.6. The lowest BCUT2D eigenvalue weighted by Gasteiger charge is -2.39. The van der Waals surface area contributed by atoms with Gasteiger partial charge in [0.15, 0.2) is 0 Å². The van der Waals surface area contributed by atoms with Crippen LogP contribution in [0, 0.1) is 43.4 Å². The number of hydrogen-bond donors (Lipinski definition) is 0. The molecule has 0 aliphatic heterocycles. The van der Waals surface area contributed by atoms with Crippen LogP contribution < -0.4 is 0 Å². The summed E-state index contributed by atoms with van der Waals surface area (Å²) in [4.78, 5) is 2.23. The summed E-state index contributed by atoms with van der Waals surface area (Å²) in [5, 5.41) is 0. The van der Waals surface area contributed by atoms with Gasteiger partial charge >= 0.3 is 0 Å². The minimum absolute atomic E-state index is 0.577. The normalized spacial score (nSPS) is 14.2. The molecule has 49 heavy (non-hydrogen) atoms. The zero-order valence-electron chi connectivity index (χ0n) is 35.6. The Hall–Kier alpha value is -2.04. The zero-order chi connectivity index (χ0) is 37.7. The molecule has 1 fully saturated rings. The van der Waals surface area contributed by atoms with Crippen molar-refractivity contribution in [2.45, 2.75) is 185 Å². The van der Waals surface area contributed by atoms with E-state index in [0.29, 0.717) is 17.3 Å². The third-order valence-corrected chi connectivity index (χ3v) is 10.1. The molecule has 1 saturated carbocycles. The van der Waals surface area contributed by atoms with Crippen LogP contribution in [0.2, 0.25) is 0 Å². The van der Waals surface area contributed by atoms with Gasteiger partial charge in [-0.2, -0.15) is 0 Å². The zero-order valence-corrected chi connectivity index (χ0v) is 35.6. The van der Waals surface area contributed by atoms with Gasteiger partial charge in [-0.25, -0.2) is 0 Å². The Bertz CT molecular complexity index is 1070. The summed E-state index contributed by atoms with van der Waals surface area (Å²) in [7, 11) is 4.24. The van der Waals surface area contributed by atoms with Crippen molar-refractivity contribution >= 4 is 0 Å². The molecule has 2 aromatic carbocycles. The Kier molecular flexibility index (Phi) is 30.8. The maximum Gasteiger partial charge on any atom is 0.00576 e. The number of unbranched alkanes of at least 4 members (excludes halogenated alkanes) is 4. The van der Waals surface area contributed by atoms with Crippen LogP contribution in [-0.4, -0.2) is 25.5 Å². The van der Waals surface area contributed by atoms with Crippen LogP contribution in [0.1, 0.15) is 186 Å². The van der Waals surface area contributed by atoms with Crippen molar-refractivity contribution < 1.29 is 0 Å². The minimum Gasteiger partial charge on any atom is -0.309 e. The molecule has 0 spiro atoms. The van der Waals surface area contributed by atoms with Crippen molar-refractivity contribution in [1.82, 2.24) is 4.90 Å². The first-order chi connectivity index (χ1) is 23.6. The summed E-state index contributed by atoms with van der Waals surface area (Å²) in [5.41, 5.74) is 8.21. The molecule has 0 bridgehead atoms. The Morgan fingerprint density at radius 3 is 1.76 bits per heavy atom. The highest BCUT2D eigenvalue weighted by atomic mass is 15.0. The Labute approximate surface area is 309 Å². The fourth-order valence-corrected chi connectivity index (χ4v) is 7.38. The number of rotatable bonds is 17. The van der Waals surface area contributed by atoms with E-state index in [1.54, 1.807) is 11.1 Å². The fraction of sp³-hybridized carbons (Fsp3) is 0.708. The summed E-state index contributed by atoms with van der Waals surface area (Å²) < 4.78 is 0. The van der Waals surface area contributed by atoms with Crippen LogP contribution in [0.4, 0.5) is 0 Å². The van der Waals surface area contributed by atoms with Gasteiger partial charge in [-0.3, -0.25) is 0 Å². The summed E-state index contributed by atoms with van der Waals surface area (Å²) in [6.07, 6.45) is 24.2. The van der Waals surface area contributed by atoms with Gasteiger partial charge in [0.25, 0.3) is 0 Å². The minimum atomic E-state index is 0.577. The van der Waals surface area contributed by atoms with Gasteiger partial charge < -0.3 is 4.90 Å². The molecule has 3 atom stereocenters. The molecule has 3 unspecified atom stereocenters. The summed E-state index contributed by atoms with van der Waals surface area (Å²) in [6, 6.07) is 16.5. The van der Waals surface area contributed by atoms with Crippen molar-refractivity contribution in [3.8, 4) is 12.3 Å². The number of aryl methyl sites for hydroxylation is 3. The van der Waals surface area contributed by atoms with Crippen LogP contribution >= 0.6 is 0 Å². The smallest absolute Gasteiger partial charge is 0.00576 e. The molecule has 3 rings (SSSR count). The molecule has 0 N–H and O–H groups in total. The van der Waals surface area contributed by atoms with Crippen molar-refractivity contribution in [2.75, 3.05) is 20.6 Å². The molecule has 1 aliphatic rings. The number of hydrogen-bond acceptors (Lipinski definition) is 1. The van der Waals surface area contributed by atoms with Gasteiger partial charge in [0.1, 0.15) is 0 Å². The SMILES string of the molecule is C#CCC.CC.CCCCC.CCCCCN(C)C.CCCc1ccc(C(CC)C(C(C)Cc2ccccc2C)C2(CCC)CC2)cc1C. The first-order valence-corrected chi connectivity index (χ1v) is 20.8. The standard InChI is InChI=1S/C30H44.C7H17N.C5H12.C4H6.C2H6/c1-7-12-25-15-16-27(20-23(25)5)28(9-3)29(30(17-8-2)18-19-30)24(6)21-26-14-11-10-13-22(26)4;1-4-5-6-7-8(2)3;1-3-5-4-2;1-3-4-2;1-2/h10-11,13-16,20,24,28-29H,7-9,12,17-19,21H2,1-6H3;4-7H2,1-3H3;3-5H2,1-2H3;1H,4H2,2H3;1-2H3. The van der Waals surface area contributed by atoms with E-state index in [0.717, 1.165) is 12.3 Å². The van der Waals surface area contributed by atoms with Crippen molar-refractivity contribution in [3.05, 3.63) is 70.3 Å². The maximum absolute atomic E-state index is 4.78. The van der Waals surface area contributed by atoms with E-state index in [1.165, 1.54) is 113 Å². The molecule has 0 aromatic heterocycles. The number of nitrogens with zero attached hydrogens (tertiary/aromatic N) is 1. The van der Waals surface area contributed by atoms with E-state index in [9.17, 15) is 0 Å². The Morgan fingerprint density at radius 2 is 1.35 bits per heavy atom.